The molecule has 1 heterocycles. The third kappa shape index (κ3) is 1.87. The molecule has 4 nitrogen and oxygen atoms in total. The Kier molecular flexibility index (Phi) is 3.12. The second kappa shape index (κ2) is 4.13. The Bertz CT molecular complexity index is 376. The molecule has 74 valence electrons. The number of hydrogen-bond donors (Lipinski definition) is 2. The Morgan fingerprint density at radius 3 is 2.79 bits per heavy atom. The fraction of sp³-hybridized carbons (Fsp3) is 0.333. The summed E-state index contributed by atoms with van der Waals surface area (Å²) in [6, 6.07) is 2.84. The van der Waals surface area contributed by atoms with Gasteiger partial charge in [0.25, 0.3) is 0 Å². The van der Waals surface area contributed by atoms with E-state index in [0.717, 1.165) is 0 Å². The van der Waals surface area contributed by atoms with Crippen molar-refractivity contribution in [1.82, 2.24) is 4.98 Å². The minimum atomic E-state index is -1.56. The van der Waals surface area contributed by atoms with Gasteiger partial charge in [0.05, 0.1) is 6.07 Å². The summed E-state index contributed by atoms with van der Waals surface area (Å²) in [6.07, 6.45) is -1.79. The molecule has 0 radical (unpaired) electrons. The number of hydrogen-bond acceptors (Lipinski definition) is 4. The Hall–Kier alpha value is -1.51. The molecular formula is C9H9FN2O2. The SMILES string of the molecule is Cc1c(C(O)C(O)C#N)ccnc1F. The Balaban J connectivity index is 3.08. The molecule has 14 heavy (non-hydrogen) atoms. The van der Waals surface area contributed by atoms with Crippen LogP contribution in [0.3, 0.4) is 0 Å². The molecule has 1 aromatic heterocycles. The van der Waals surface area contributed by atoms with Crippen LogP contribution in [0.2, 0.25) is 0 Å². The predicted octanol–water partition coefficient (Wildman–Crippen LogP) is 0.447. The van der Waals surface area contributed by atoms with E-state index in [0.29, 0.717) is 0 Å². The number of nitriles is 1. The zero-order chi connectivity index (χ0) is 10.7. The highest BCUT2D eigenvalue weighted by atomic mass is 19.1. The van der Waals surface area contributed by atoms with E-state index in [-0.39, 0.29) is 11.1 Å². The van der Waals surface area contributed by atoms with E-state index in [1.807, 2.05) is 0 Å². The van der Waals surface area contributed by atoms with Gasteiger partial charge in [-0.25, -0.2) is 4.98 Å². The molecule has 0 saturated carbocycles. The fourth-order valence-corrected chi connectivity index (χ4v) is 1.09. The molecule has 2 N–H and O–H groups in total. The molecule has 0 aliphatic rings. The van der Waals surface area contributed by atoms with E-state index in [1.165, 1.54) is 25.3 Å². The standard InChI is InChI=1S/C9H9FN2O2/c1-5-6(2-3-12-9(5)10)8(14)7(13)4-11/h2-3,7-8,13-14H,1H3. The summed E-state index contributed by atoms with van der Waals surface area (Å²) in [7, 11) is 0. The largest absolute Gasteiger partial charge is 0.385 e. The van der Waals surface area contributed by atoms with Gasteiger partial charge >= 0.3 is 0 Å². The van der Waals surface area contributed by atoms with Crippen LogP contribution in [0.15, 0.2) is 12.3 Å². The average Bonchev–Trinajstić information content (AvgIpc) is 2.20. The summed E-state index contributed by atoms with van der Waals surface area (Å²) in [6.45, 7) is 1.42. The molecule has 0 amide bonds. The number of aromatic nitrogens is 1. The number of aliphatic hydroxyl groups excluding tert-OH is 2. The zero-order valence-electron chi connectivity index (χ0n) is 7.48. The van der Waals surface area contributed by atoms with Crippen LogP contribution in [-0.4, -0.2) is 21.3 Å². The molecule has 0 fully saturated rings. The van der Waals surface area contributed by atoms with Crippen LogP contribution in [0.5, 0.6) is 0 Å². The van der Waals surface area contributed by atoms with E-state index in [2.05, 4.69) is 4.98 Å². The van der Waals surface area contributed by atoms with E-state index in [1.54, 1.807) is 0 Å². The molecular weight excluding hydrogens is 187 g/mol. The lowest BCUT2D eigenvalue weighted by molar-refractivity contribution is 0.0520. The molecule has 0 saturated heterocycles. The number of rotatable bonds is 2. The summed E-state index contributed by atoms with van der Waals surface area (Å²) < 4.78 is 12.9. The topological polar surface area (TPSA) is 77.1 Å². The van der Waals surface area contributed by atoms with E-state index in [4.69, 9.17) is 10.4 Å². The summed E-state index contributed by atoms with van der Waals surface area (Å²) >= 11 is 0. The van der Waals surface area contributed by atoms with Crippen LogP contribution < -0.4 is 0 Å². The maximum absolute atomic E-state index is 12.9. The zero-order valence-corrected chi connectivity index (χ0v) is 7.48. The lowest BCUT2D eigenvalue weighted by atomic mass is 10.0. The van der Waals surface area contributed by atoms with Gasteiger partial charge in [0.15, 0.2) is 6.10 Å². The van der Waals surface area contributed by atoms with Crippen molar-refractivity contribution in [2.45, 2.75) is 19.1 Å². The van der Waals surface area contributed by atoms with Crippen LogP contribution in [-0.2, 0) is 0 Å². The fourth-order valence-electron chi connectivity index (χ4n) is 1.09. The summed E-state index contributed by atoms with van der Waals surface area (Å²) in [4.78, 5) is 3.36. The average molecular weight is 196 g/mol. The quantitative estimate of drug-likeness (QED) is 0.531. The first-order chi connectivity index (χ1) is 6.57. The third-order valence-electron chi connectivity index (χ3n) is 1.93. The Morgan fingerprint density at radius 1 is 1.57 bits per heavy atom. The number of aliphatic hydroxyl groups is 2. The molecule has 1 rings (SSSR count). The molecule has 2 unspecified atom stereocenters. The van der Waals surface area contributed by atoms with Gasteiger partial charge in [0, 0.05) is 11.8 Å². The third-order valence-corrected chi connectivity index (χ3v) is 1.93. The van der Waals surface area contributed by atoms with Gasteiger partial charge in [-0.05, 0) is 18.6 Å². The number of pyridine rings is 1. The molecule has 0 spiro atoms. The van der Waals surface area contributed by atoms with Gasteiger partial charge in [-0.3, -0.25) is 0 Å². The number of halogens is 1. The normalized spacial score (nSPS) is 14.5. The van der Waals surface area contributed by atoms with Gasteiger partial charge in [0.2, 0.25) is 5.95 Å². The second-order valence-corrected chi connectivity index (χ2v) is 2.83. The summed E-state index contributed by atoms with van der Waals surface area (Å²) in [5.41, 5.74) is 0.306. The minimum Gasteiger partial charge on any atom is -0.385 e. The maximum Gasteiger partial charge on any atom is 0.216 e. The van der Waals surface area contributed by atoms with E-state index >= 15 is 0 Å². The lowest BCUT2D eigenvalue weighted by Gasteiger charge is -2.14. The van der Waals surface area contributed by atoms with Crippen molar-refractivity contribution in [3.05, 3.63) is 29.3 Å². The maximum atomic E-state index is 12.9. The molecule has 5 heteroatoms. The highest BCUT2D eigenvalue weighted by Crippen LogP contribution is 2.20. The van der Waals surface area contributed by atoms with Crippen molar-refractivity contribution in [3.8, 4) is 6.07 Å². The first-order valence-electron chi connectivity index (χ1n) is 3.94. The molecule has 0 aromatic carbocycles. The van der Waals surface area contributed by atoms with Crippen LogP contribution >= 0.6 is 0 Å². The van der Waals surface area contributed by atoms with Gasteiger partial charge < -0.3 is 10.2 Å². The van der Waals surface area contributed by atoms with Crippen molar-refractivity contribution < 1.29 is 14.6 Å². The second-order valence-electron chi connectivity index (χ2n) is 2.83. The van der Waals surface area contributed by atoms with Crippen LogP contribution in [0.1, 0.15) is 17.2 Å². The van der Waals surface area contributed by atoms with E-state index < -0.39 is 18.2 Å². The lowest BCUT2D eigenvalue weighted by Crippen LogP contribution is -2.17. The summed E-state index contributed by atoms with van der Waals surface area (Å²) in [5, 5.41) is 26.8. The highest BCUT2D eigenvalue weighted by molar-refractivity contribution is 5.27. The first kappa shape index (κ1) is 10.6. The van der Waals surface area contributed by atoms with Gasteiger partial charge in [0.1, 0.15) is 6.10 Å². The van der Waals surface area contributed by atoms with Gasteiger partial charge in [-0.2, -0.15) is 9.65 Å². The van der Waals surface area contributed by atoms with Crippen LogP contribution in [0.25, 0.3) is 0 Å². The van der Waals surface area contributed by atoms with E-state index in [9.17, 15) is 9.50 Å². The van der Waals surface area contributed by atoms with Crippen molar-refractivity contribution >= 4 is 0 Å². The van der Waals surface area contributed by atoms with Crippen LogP contribution in [0.4, 0.5) is 4.39 Å². The molecule has 1 aromatic rings. The van der Waals surface area contributed by atoms with Gasteiger partial charge in [-0.15, -0.1) is 0 Å². The Labute approximate surface area is 80.3 Å². The highest BCUT2D eigenvalue weighted by Gasteiger charge is 2.20. The Morgan fingerprint density at radius 2 is 2.21 bits per heavy atom. The smallest absolute Gasteiger partial charge is 0.216 e. The monoisotopic (exact) mass is 196 g/mol. The molecule has 2 atom stereocenters. The molecule has 0 aliphatic heterocycles. The van der Waals surface area contributed by atoms with Crippen molar-refractivity contribution in [1.29, 1.82) is 5.26 Å². The summed E-state index contributed by atoms with van der Waals surface area (Å²) in [5.74, 6) is -0.716. The minimum absolute atomic E-state index is 0.134. The first-order valence-corrected chi connectivity index (χ1v) is 3.94. The molecule has 0 aliphatic carbocycles. The van der Waals surface area contributed by atoms with Gasteiger partial charge in [-0.1, -0.05) is 0 Å². The predicted molar refractivity (Wildman–Crippen MR) is 45.5 cm³/mol. The van der Waals surface area contributed by atoms with Crippen LogP contribution in [0, 0.1) is 24.2 Å². The van der Waals surface area contributed by atoms with Crippen molar-refractivity contribution in [2.24, 2.45) is 0 Å². The number of nitrogens with zero attached hydrogens (tertiary/aromatic N) is 2. The van der Waals surface area contributed by atoms with Crippen molar-refractivity contribution in [3.63, 3.8) is 0 Å². The van der Waals surface area contributed by atoms with Crippen molar-refractivity contribution in [2.75, 3.05) is 0 Å². The molecule has 0 bridgehead atoms.